The molecule has 2 N–H and O–H groups in total. The van der Waals surface area contributed by atoms with E-state index in [0.29, 0.717) is 19.3 Å². The van der Waals surface area contributed by atoms with Crippen molar-refractivity contribution in [2.24, 2.45) is 0 Å². The van der Waals surface area contributed by atoms with Crippen LogP contribution < -0.4 is 5.32 Å². The molecule has 12 heavy (non-hydrogen) atoms. The summed E-state index contributed by atoms with van der Waals surface area (Å²) >= 11 is 1.72. The lowest BCUT2D eigenvalue weighted by Crippen LogP contribution is -2.53. The minimum absolute atomic E-state index is 0.476. The highest BCUT2D eigenvalue weighted by Gasteiger charge is 2.39. The summed E-state index contributed by atoms with van der Waals surface area (Å²) in [7, 11) is 0. The van der Waals surface area contributed by atoms with Crippen LogP contribution >= 0.6 is 11.8 Å². The quantitative estimate of drug-likeness (QED) is 0.617. The van der Waals surface area contributed by atoms with E-state index in [2.05, 4.69) is 5.32 Å². The number of rotatable bonds is 3. The molecule has 1 aliphatic rings. The number of hydrogen-bond donors (Lipinski definition) is 2. The van der Waals surface area contributed by atoms with Crippen molar-refractivity contribution in [3.8, 4) is 0 Å². The summed E-state index contributed by atoms with van der Waals surface area (Å²) in [6.07, 6.45) is 1.52. The van der Waals surface area contributed by atoms with Crippen LogP contribution in [0.4, 0.5) is 0 Å². The number of hydrogen-bond acceptors (Lipinski definition) is 3. The number of carboxylic acid groups (broad SMARTS) is 1. The second kappa shape index (κ2) is 3.80. The maximum Gasteiger partial charge on any atom is 0.329 e. The van der Waals surface area contributed by atoms with E-state index < -0.39 is 11.5 Å². The van der Waals surface area contributed by atoms with E-state index in [-0.39, 0.29) is 0 Å². The van der Waals surface area contributed by atoms with Crippen molar-refractivity contribution in [1.82, 2.24) is 5.32 Å². The first-order chi connectivity index (χ1) is 5.71. The second-order valence-electron chi connectivity index (χ2n) is 2.76. The zero-order valence-corrected chi connectivity index (χ0v) is 7.39. The molecule has 1 aliphatic heterocycles. The number of amides is 1. The molecule has 1 amide bonds. The Hall–Kier alpha value is -0.710. The lowest BCUT2D eigenvalue weighted by atomic mass is 9.93. The number of carboxylic acids is 1. The lowest BCUT2D eigenvalue weighted by Gasteiger charge is -2.31. The van der Waals surface area contributed by atoms with E-state index in [1.165, 1.54) is 0 Å². The van der Waals surface area contributed by atoms with Gasteiger partial charge < -0.3 is 10.4 Å². The second-order valence-corrected chi connectivity index (χ2v) is 3.99. The van der Waals surface area contributed by atoms with Gasteiger partial charge in [0.25, 0.3) is 0 Å². The minimum atomic E-state index is -0.993. The van der Waals surface area contributed by atoms with Crippen molar-refractivity contribution >= 4 is 24.1 Å². The fourth-order valence-corrected chi connectivity index (χ4v) is 2.44. The Labute approximate surface area is 74.7 Å². The third kappa shape index (κ3) is 1.72. The highest BCUT2D eigenvalue weighted by atomic mass is 32.2. The zero-order chi connectivity index (χ0) is 9.03. The number of aliphatic carboxylic acids is 1. The number of carbonyl (C=O) groups is 2. The van der Waals surface area contributed by atoms with Gasteiger partial charge in [-0.25, -0.2) is 4.79 Å². The van der Waals surface area contributed by atoms with Crippen LogP contribution in [0.25, 0.3) is 0 Å². The molecule has 0 aliphatic carbocycles. The highest BCUT2D eigenvalue weighted by Crippen LogP contribution is 2.26. The van der Waals surface area contributed by atoms with Crippen LogP contribution in [0, 0.1) is 0 Å². The molecular formula is C7H11NO3S. The summed E-state index contributed by atoms with van der Waals surface area (Å²) in [6.45, 7) is 0. The summed E-state index contributed by atoms with van der Waals surface area (Å²) in [5, 5.41) is 11.3. The van der Waals surface area contributed by atoms with E-state index in [0.717, 1.165) is 11.5 Å². The Bertz CT molecular complexity index is 189. The summed E-state index contributed by atoms with van der Waals surface area (Å²) < 4.78 is 0. The molecule has 0 aromatic heterocycles. The standard InChI is InChI=1S/C7H11NO3S/c9-5-8-7(6(10)11)1-3-12-4-2-7/h5H,1-4H2,(H,8,9)(H,10,11). The van der Waals surface area contributed by atoms with Crippen LogP contribution in [0.2, 0.25) is 0 Å². The molecule has 0 spiro atoms. The van der Waals surface area contributed by atoms with Crippen LogP contribution in [0.5, 0.6) is 0 Å². The molecule has 1 fully saturated rings. The van der Waals surface area contributed by atoms with Gasteiger partial charge in [0.1, 0.15) is 5.54 Å². The van der Waals surface area contributed by atoms with E-state index in [1.807, 2.05) is 0 Å². The Morgan fingerprint density at radius 2 is 2.08 bits per heavy atom. The molecule has 0 aromatic rings. The molecule has 0 unspecified atom stereocenters. The predicted molar refractivity (Wildman–Crippen MR) is 46.1 cm³/mol. The normalized spacial score (nSPS) is 21.3. The van der Waals surface area contributed by atoms with Crippen molar-refractivity contribution in [1.29, 1.82) is 0 Å². The van der Waals surface area contributed by atoms with Gasteiger partial charge in [-0.05, 0) is 24.3 Å². The maximum absolute atomic E-state index is 10.8. The van der Waals surface area contributed by atoms with Crippen molar-refractivity contribution in [2.75, 3.05) is 11.5 Å². The van der Waals surface area contributed by atoms with Gasteiger partial charge in [0.05, 0.1) is 0 Å². The van der Waals surface area contributed by atoms with Gasteiger partial charge in [-0.2, -0.15) is 11.8 Å². The Morgan fingerprint density at radius 1 is 1.50 bits per heavy atom. The van der Waals surface area contributed by atoms with E-state index in [1.54, 1.807) is 11.8 Å². The van der Waals surface area contributed by atoms with Crippen LogP contribution in [-0.2, 0) is 9.59 Å². The van der Waals surface area contributed by atoms with Gasteiger partial charge in [-0.3, -0.25) is 4.79 Å². The Morgan fingerprint density at radius 3 is 2.50 bits per heavy atom. The number of carbonyl (C=O) groups excluding carboxylic acids is 1. The van der Waals surface area contributed by atoms with Crippen molar-refractivity contribution in [3.05, 3.63) is 0 Å². The summed E-state index contributed by atoms with van der Waals surface area (Å²) in [5.74, 6) is 0.676. The van der Waals surface area contributed by atoms with Gasteiger partial charge in [-0.1, -0.05) is 0 Å². The van der Waals surface area contributed by atoms with Crippen molar-refractivity contribution < 1.29 is 14.7 Å². The predicted octanol–water partition coefficient (Wildman–Crippen LogP) is 0.0828. The zero-order valence-electron chi connectivity index (χ0n) is 6.58. The molecule has 0 radical (unpaired) electrons. The third-order valence-electron chi connectivity index (χ3n) is 2.09. The first kappa shape index (κ1) is 9.38. The van der Waals surface area contributed by atoms with Gasteiger partial charge in [-0.15, -0.1) is 0 Å². The molecule has 68 valence electrons. The lowest BCUT2D eigenvalue weighted by molar-refractivity contribution is -0.146. The average molecular weight is 189 g/mol. The largest absolute Gasteiger partial charge is 0.480 e. The Balaban J connectivity index is 2.69. The van der Waals surface area contributed by atoms with Gasteiger partial charge in [0.15, 0.2) is 0 Å². The maximum atomic E-state index is 10.8. The molecule has 1 saturated heterocycles. The minimum Gasteiger partial charge on any atom is -0.480 e. The average Bonchev–Trinajstić information content (AvgIpc) is 2.06. The van der Waals surface area contributed by atoms with Crippen LogP contribution in [0.15, 0.2) is 0 Å². The van der Waals surface area contributed by atoms with Gasteiger partial charge in [0, 0.05) is 0 Å². The topological polar surface area (TPSA) is 66.4 Å². The smallest absolute Gasteiger partial charge is 0.329 e. The summed E-state index contributed by atoms with van der Waals surface area (Å²) in [4.78, 5) is 21.0. The fourth-order valence-electron chi connectivity index (χ4n) is 1.25. The SMILES string of the molecule is O=CNC1(C(=O)O)CCSCC1. The van der Waals surface area contributed by atoms with Crippen LogP contribution in [0.1, 0.15) is 12.8 Å². The first-order valence-corrected chi connectivity index (χ1v) is 4.89. The molecule has 5 heteroatoms. The van der Waals surface area contributed by atoms with Crippen molar-refractivity contribution in [2.45, 2.75) is 18.4 Å². The molecule has 0 bridgehead atoms. The Kier molecular flexibility index (Phi) is 2.97. The van der Waals surface area contributed by atoms with E-state index >= 15 is 0 Å². The number of nitrogens with one attached hydrogen (secondary N) is 1. The summed E-state index contributed by atoms with van der Waals surface area (Å²) in [5.41, 5.74) is -0.993. The molecule has 0 atom stereocenters. The van der Waals surface area contributed by atoms with Gasteiger partial charge in [0.2, 0.25) is 6.41 Å². The monoisotopic (exact) mass is 189 g/mol. The van der Waals surface area contributed by atoms with E-state index in [4.69, 9.17) is 5.11 Å². The van der Waals surface area contributed by atoms with Crippen LogP contribution in [-0.4, -0.2) is 34.5 Å². The molecule has 0 aromatic carbocycles. The molecule has 0 saturated carbocycles. The fraction of sp³-hybridized carbons (Fsp3) is 0.714. The number of thioether (sulfide) groups is 1. The first-order valence-electron chi connectivity index (χ1n) is 3.74. The molecule has 1 heterocycles. The molecule has 1 rings (SSSR count). The third-order valence-corrected chi connectivity index (χ3v) is 3.08. The molecule has 4 nitrogen and oxygen atoms in total. The van der Waals surface area contributed by atoms with Crippen molar-refractivity contribution in [3.63, 3.8) is 0 Å². The summed E-state index contributed by atoms with van der Waals surface area (Å²) in [6, 6.07) is 0. The van der Waals surface area contributed by atoms with Gasteiger partial charge >= 0.3 is 5.97 Å². The van der Waals surface area contributed by atoms with Crippen LogP contribution in [0.3, 0.4) is 0 Å². The highest BCUT2D eigenvalue weighted by molar-refractivity contribution is 7.99. The molecular weight excluding hydrogens is 178 g/mol. The van der Waals surface area contributed by atoms with E-state index in [9.17, 15) is 9.59 Å².